The second-order valence-corrected chi connectivity index (χ2v) is 5.46. The number of ketones is 1. The summed E-state index contributed by atoms with van der Waals surface area (Å²) in [6.45, 7) is 3.95. The van der Waals surface area contributed by atoms with Gasteiger partial charge in [-0.15, -0.1) is 0 Å². The van der Waals surface area contributed by atoms with Crippen molar-refractivity contribution >= 4 is 23.1 Å². The molecule has 0 aliphatic rings. The van der Waals surface area contributed by atoms with Crippen molar-refractivity contribution in [3.63, 3.8) is 0 Å². The van der Waals surface area contributed by atoms with Crippen LogP contribution < -0.4 is 4.90 Å². The third-order valence-electron chi connectivity index (χ3n) is 3.67. The number of carbonyl (C=O) groups is 1. The number of carbonyl (C=O) groups excluding carboxylic acids is 1. The number of hydrogen-bond acceptors (Lipinski definition) is 3. The van der Waals surface area contributed by atoms with Gasteiger partial charge in [-0.2, -0.15) is 0 Å². The van der Waals surface area contributed by atoms with E-state index in [0.29, 0.717) is 12.1 Å². The lowest BCUT2D eigenvalue weighted by Crippen LogP contribution is -2.21. The van der Waals surface area contributed by atoms with Gasteiger partial charge in [-0.1, -0.05) is 30.7 Å². The molecule has 1 aromatic carbocycles. The Kier molecular flexibility index (Phi) is 4.97. The first-order valence-electron chi connectivity index (χ1n) is 7.00. The molecule has 0 bridgehead atoms. The van der Waals surface area contributed by atoms with Crippen molar-refractivity contribution in [2.24, 2.45) is 0 Å². The lowest BCUT2D eigenvalue weighted by atomic mass is 10.1. The Balaban J connectivity index is 2.19. The first kappa shape index (κ1) is 15.5. The van der Waals surface area contributed by atoms with E-state index < -0.39 is 0 Å². The summed E-state index contributed by atoms with van der Waals surface area (Å²) in [4.78, 5) is 18.0. The van der Waals surface area contributed by atoms with E-state index in [-0.39, 0.29) is 11.8 Å². The van der Waals surface area contributed by atoms with E-state index in [0.717, 1.165) is 16.3 Å². The van der Waals surface area contributed by atoms with Crippen LogP contribution in [0, 0.1) is 0 Å². The van der Waals surface area contributed by atoms with Gasteiger partial charge in [0.25, 0.3) is 0 Å². The molecule has 1 heterocycles. The van der Waals surface area contributed by atoms with E-state index in [1.165, 1.54) is 0 Å². The van der Waals surface area contributed by atoms with Crippen LogP contribution in [0.5, 0.6) is 0 Å². The molecule has 0 spiro atoms. The van der Waals surface area contributed by atoms with Gasteiger partial charge in [0, 0.05) is 18.5 Å². The lowest BCUT2D eigenvalue weighted by Gasteiger charge is -2.27. The predicted octanol–water partition coefficient (Wildman–Crippen LogP) is 4.53. The fraction of sp³-hybridized carbons (Fsp3) is 0.294. The van der Waals surface area contributed by atoms with Crippen LogP contribution in [0.3, 0.4) is 0 Å². The third-order valence-corrected chi connectivity index (χ3v) is 3.91. The van der Waals surface area contributed by atoms with Crippen LogP contribution in [0.4, 0.5) is 5.69 Å². The zero-order chi connectivity index (χ0) is 15.4. The third kappa shape index (κ3) is 3.61. The molecule has 1 aromatic heterocycles. The van der Waals surface area contributed by atoms with Crippen molar-refractivity contribution in [2.45, 2.75) is 26.3 Å². The van der Waals surface area contributed by atoms with E-state index in [2.05, 4.69) is 22.9 Å². The van der Waals surface area contributed by atoms with Gasteiger partial charge in [-0.3, -0.25) is 9.78 Å². The summed E-state index contributed by atoms with van der Waals surface area (Å²) < 4.78 is 0. The first-order valence-corrected chi connectivity index (χ1v) is 7.38. The molecule has 0 saturated heterocycles. The topological polar surface area (TPSA) is 33.2 Å². The fourth-order valence-electron chi connectivity index (χ4n) is 2.15. The largest absolute Gasteiger partial charge is 0.367 e. The summed E-state index contributed by atoms with van der Waals surface area (Å²) in [5, 5.41) is 0.731. The van der Waals surface area contributed by atoms with E-state index in [4.69, 9.17) is 11.6 Å². The van der Waals surface area contributed by atoms with Crippen molar-refractivity contribution in [3.05, 3.63) is 58.9 Å². The number of rotatable bonds is 5. The average Bonchev–Trinajstić information content (AvgIpc) is 2.53. The highest BCUT2D eigenvalue weighted by molar-refractivity contribution is 6.30. The van der Waals surface area contributed by atoms with Crippen molar-refractivity contribution < 1.29 is 4.79 Å². The van der Waals surface area contributed by atoms with Gasteiger partial charge in [0.2, 0.25) is 0 Å². The molecular formula is C17H19ClN2O. The number of benzene rings is 1. The average molecular weight is 303 g/mol. The second-order valence-electron chi connectivity index (χ2n) is 5.02. The molecule has 2 aromatic rings. The van der Waals surface area contributed by atoms with Gasteiger partial charge in [-0.05, 0) is 36.8 Å². The molecule has 0 saturated carbocycles. The molecule has 1 atom stereocenters. The molecule has 0 aliphatic carbocycles. The van der Waals surface area contributed by atoms with Gasteiger partial charge in [0.1, 0.15) is 5.69 Å². The Morgan fingerprint density at radius 1 is 1.33 bits per heavy atom. The van der Waals surface area contributed by atoms with Crippen molar-refractivity contribution in [2.75, 3.05) is 11.9 Å². The molecule has 0 radical (unpaired) electrons. The number of hydrogen-bond donors (Lipinski definition) is 0. The molecule has 0 aliphatic heterocycles. The van der Waals surface area contributed by atoms with Gasteiger partial charge in [0.15, 0.2) is 5.78 Å². The van der Waals surface area contributed by atoms with Gasteiger partial charge < -0.3 is 4.90 Å². The number of halogens is 1. The number of aromatic nitrogens is 1. The summed E-state index contributed by atoms with van der Waals surface area (Å²) in [5.74, 6) is 0.0621. The van der Waals surface area contributed by atoms with Crippen molar-refractivity contribution in [1.82, 2.24) is 4.98 Å². The molecule has 0 fully saturated rings. The zero-order valence-electron chi connectivity index (χ0n) is 12.5. The van der Waals surface area contributed by atoms with Crippen molar-refractivity contribution in [3.8, 4) is 0 Å². The Morgan fingerprint density at radius 3 is 2.67 bits per heavy atom. The number of pyridine rings is 1. The number of nitrogens with zero attached hydrogens (tertiary/aromatic N) is 2. The molecule has 0 N–H and O–H groups in total. The van der Waals surface area contributed by atoms with Crippen LogP contribution in [0.1, 0.15) is 42.4 Å². The van der Waals surface area contributed by atoms with Crippen LogP contribution in [-0.4, -0.2) is 17.8 Å². The summed E-state index contributed by atoms with van der Waals surface area (Å²) in [5.41, 5.74) is 2.62. The van der Waals surface area contributed by atoms with Gasteiger partial charge in [0.05, 0.1) is 17.9 Å². The molecule has 4 heteroatoms. The van der Waals surface area contributed by atoms with E-state index in [1.54, 1.807) is 12.3 Å². The molecule has 2 rings (SSSR count). The maximum atomic E-state index is 11.6. The van der Waals surface area contributed by atoms with Crippen LogP contribution in [0.2, 0.25) is 5.02 Å². The van der Waals surface area contributed by atoms with Crippen LogP contribution in [0.15, 0.2) is 42.6 Å². The van der Waals surface area contributed by atoms with E-state index in [1.807, 2.05) is 38.2 Å². The molecular weight excluding hydrogens is 284 g/mol. The Labute approximate surface area is 130 Å². The highest BCUT2D eigenvalue weighted by atomic mass is 35.5. The molecule has 110 valence electrons. The molecule has 1 unspecified atom stereocenters. The Bertz CT molecular complexity index is 625. The van der Waals surface area contributed by atoms with Gasteiger partial charge >= 0.3 is 0 Å². The summed E-state index contributed by atoms with van der Waals surface area (Å²) in [7, 11) is 2.00. The predicted molar refractivity (Wildman–Crippen MR) is 87.1 cm³/mol. The van der Waals surface area contributed by atoms with Crippen LogP contribution >= 0.6 is 11.6 Å². The monoisotopic (exact) mass is 302 g/mol. The first-order chi connectivity index (χ1) is 10.0. The zero-order valence-corrected chi connectivity index (χ0v) is 13.3. The smallest absolute Gasteiger partial charge is 0.180 e. The molecule has 3 nitrogen and oxygen atoms in total. The van der Waals surface area contributed by atoms with Crippen LogP contribution in [-0.2, 0) is 0 Å². The van der Waals surface area contributed by atoms with Gasteiger partial charge in [-0.25, -0.2) is 0 Å². The highest BCUT2D eigenvalue weighted by Gasteiger charge is 2.13. The standard InChI is InChI=1S/C17H19ClN2O/c1-4-17(21)16-9-8-15(11-19-16)20(3)12(2)13-6-5-7-14(18)10-13/h5-12H,4H2,1-3H3. The van der Waals surface area contributed by atoms with E-state index in [9.17, 15) is 4.79 Å². The number of Topliss-reactive ketones (excluding diaryl/α,β-unsaturated/α-hetero) is 1. The SMILES string of the molecule is CCC(=O)c1ccc(N(C)C(C)c2cccc(Cl)c2)cn1. The summed E-state index contributed by atoms with van der Waals surface area (Å²) in [6, 6.07) is 11.7. The van der Waals surface area contributed by atoms with Crippen LogP contribution in [0.25, 0.3) is 0 Å². The van der Waals surface area contributed by atoms with E-state index >= 15 is 0 Å². The Morgan fingerprint density at radius 2 is 2.10 bits per heavy atom. The molecule has 0 amide bonds. The van der Waals surface area contributed by atoms with Crippen molar-refractivity contribution in [1.29, 1.82) is 0 Å². The fourth-order valence-corrected chi connectivity index (χ4v) is 2.35. The quantitative estimate of drug-likeness (QED) is 0.761. The number of anilines is 1. The maximum absolute atomic E-state index is 11.6. The minimum atomic E-state index is 0.0621. The molecule has 21 heavy (non-hydrogen) atoms. The minimum absolute atomic E-state index is 0.0621. The minimum Gasteiger partial charge on any atom is -0.367 e. The normalized spacial score (nSPS) is 12.0. The Hall–Kier alpha value is -1.87. The maximum Gasteiger partial charge on any atom is 0.180 e. The highest BCUT2D eigenvalue weighted by Crippen LogP contribution is 2.26. The lowest BCUT2D eigenvalue weighted by molar-refractivity contribution is 0.0983. The summed E-state index contributed by atoms with van der Waals surface area (Å²) in [6.07, 6.45) is 2.21. The second kappa shape index (κ2) is 6.72. The summed E-state index contributed by atoms with van der Waals surface area (Å²) >= 11 is 6.04.